The quantitative estimate of drug-likeness (QED) is 0.699. The minimum absolute atomic E-state index is 0.170. The molecule has 104 valence electrons. The summed E-state index contributed by atoms with van der Waals surface area (Å²) in [5.41, 5.74) is 0. The van der Waals surface area contributed by atoms with Crippen LogP contribution in [0.25, 0.3) is 0 Å². The van der Waals surface area contributed by atoms with Gasteiger partial charge in [0.05, 0.1) is 0 Å². The first-order valence-corrected chi connectivity index (χ1v) is 6.91. The summed E-state index contributed by atoms with van der Waals surface area (Å²) in [6.07, 6.45) is 2.80. The Morgan fingerprint density at radius 1 is 1.33 bits per heavy atom. The standard InChI is InChI=1S/C14H25NO3/c1-9(2)11(4-5-13(16)17)6-7-15-14(18)12-8-10(12)3/h9-12H,4-8H2,1-3H3,(H,15,18)(H,16,17). The Balaban J connectivity index is 2.20. The van der Waals surface area contributed by atoms with Crippen molar-refractivity contribution in [3.05, 3.63) is 0 Å². The van der Waals surface area contributed by atoms with Crippen molar-refractivity contribution in [3.63, 3.8) is 0 Å². The van der Waals surface area contributed by atoms with Gasteiger partial charge in [-0.3, -0.25) is 9.59 Å². The highest BCUT2D eigenvalue weighted by Crippen LogP contribution is 2.37. The fourth-order valence-electron chi connectivity index (χ4n) is 2.32. The van der Waals surface area contributed by atoms with Gasteiger partial charge in [0.15, 0.2) is 0 Å². The molecule has 1 aliphatic rings. The van der Waals surface area contributed by atoms with E-state index in [1.165, 1.54) is 0 Å². The Labute approximate surface area is 109 Å². The summed E-state index contributed by atoms with van der Waals surface area (Å²) in [4.78, 5) is 22.2. The molecule has 0 aromatic rings. The molecule has 0 radical (unpaired) electrons. The number of nitrogens with one attached hydrogen (secondary N) is 1. The van der Waals surface area contributed by atoms with Gasteiger partial charge in [0.2, 0.25) is 5.91 Å². The van der Waals surface area contributed by atoms with Crippen molar-refractivity contribution >= 4 is 11.9 Å². The van der Waals surface area contributed by atoms with E-state index in [1.54, 1.807) is 0 Å². The highest BCUT2D eigenvalue weighted by atomic mass is 16.4. The zero-order valence-corrected chi connectivity index (χ0v) is 11.6. The van der Waals surface area contributed by atoms with E-state index >= 15 is 0 Å². The van der Waals surface area contributed by atoms with Crippen molar-refractivity contribution in [2.45, 2.75) is 46.5 Å². The zero-order chi connectivity index (χ0) is 13.7. The summed E-state index contributed by atoms with van der Waals surface area (Å²) in [6.45, 7) is 6.98. The second-order valence-electron chi connectivity index (χ2n) is 5.84. The fraction of sp³-hybridized carbons (Fsp3) is 0.857. The van der Waals surface area contributed by atoms with Gasteiger partial charge in [-0.25, -0.2) is 0 Å². The molecule has 0 heterocycles. The number of aliphatic carboxylic acids is 1. The summed E-state index contributed by atoms with van der Waals surface area (Å²) in [6, 6.07) is 0. The molecule has 1 fully saturated rings. The van der Waals surface area contributed by atoms with Crippen molar-refractivity contribution in [2.75, 3.05) is 6.54 Å². The van der Waals surface area contributed by atoms with E-state index in [0.717, 1.165) is 12.8 Å². The first kappa shape index (κ1) is 15.0. The van der Waals surface area contributed by atoms with Crippen LogP contribution < -0.4 is 5.32 Å². The van der Waals surface area contributed by atoms with Crippen molar-refractivity contribution in [2.24, 2.45) is 23.7 Å². The van der Waals surface area contributed by atoms with Gasteiger partial charge < -0.3 is 10.4 Å². The van der Waals surface area contributed by atoms with E-state index in [9.17, 15) is 9.59 Å². The highest BCUT2D eigenvalue weighted by Gasteiger charge is 2.38. The number of carboxylic acids is 1. The van der Waals surface area contributed by atoms with E-state index in [1.807, 2.05) is 0 Å². The molecule has 1 aliphatic carbocycles. The van der Waals surface area contributed by atoms with Crippen LogP contribution >= 0.6 is 0 Å². The van der Waals surface area contributed by atoms with Gasteiger partial charge in [-0.1, -0.05) is 20.8 Å². The number of hydrogen-bond acceptors (Lipinski definition) is 2. The van der Waals surface area contributed by atoms with Gasteiger partial charge >= 0.3 is 5.97 Å². The van der Waals surface area contributed by atoms with Crippen molar-refractivity contribution in [1.29, 1.82) is 0 Å². The largest absolute Gasteiger partial charge is 0.481 e. The van der Waals surface area contributed by atoms with Crippen LogP contribution in [0.3, 0.4) is 0 Å². The first-order chi connectivity index (χ1) is 8.41. The first-order valence-electron chi connectivity index (χ1n) is 6.91. The molecule has 4 nitrogen and oxygen atoms in total. The molecule has 3 atom stereocenters. The van der Waals surface area contributed by atoms with E-state index in [4.69, 9.17) is 5.11 Å². The van der Waals surface area contributed by atoms with Gasteiger partial charge in [0.25, 0.3) is 0 Å². The van der Waals surface area contributed by atoms with Crippen LogP contribution in [-0.4, -0.2) is 23.5 Å². The molecule has 0 spiro atoms. The smallest absolute Gasteiger partial charge is 0.303 e. The van der Waals surface area contributed by atoms with Gasteiger partial charge in [-0.15, -0.1) is 0 Å². The Bertz CT molecular complexity index is 301. The average Bonchev–Trinajstić information content (AvgIpc) is 2.99. The summed E-state index contributed by atoms with van der Waals surface area (Å²) < 4.78 is 0. The molecule has 0 aliphatic heterocycles. The summed E-state index contributed by atoms with van der Waals surface area (Å²) in [5, 5.41) is 11.7. The van der Waals surface area contributed by atoms with Crippen LogP contribution in [0.4, 0.5) is 0 Å². The predicted molar refractivity (Wildman–Crippen MR) is 70.1 cm³/mol. The molecule has 4 heteroatoms. The molecule has 1 rings (SSSR count). The predicted octanol–water partition coefficient (Wildman–Crippen LogP) is 2.29. The number of rotatable bonds is 8. The van der Waals surface area contributed by atoms with Gasteiger partial charge in [0.1, 0.15) is 0 Å². The molecule has 0 aromatic heterocycles. The molecule has 1 saturated carbocycles. The number of carbonyl (C=O) groups is 2. The summed E-state index contributed by atoms with van der Waals surface area (Å²) in [7, 11) is 0. The van der Waals surface area contributed by atoms with Crippen LogP contribution in [0.5, 0.6) is 0 Å². The van der Waals surface area contributed by atoms with E-state index in [0.29, 0.717) is 30.7 Å². The topological polar surface area (TPSA) is 66.4 Å². The SMILES string of the molecule is CC(C)C(CCNC(=O)C1CC1C)CCC(=O)O. The molecule has 0 saturated heterocycles. The van der Waals surface area contributed by atoms with Crippen molar-refractivity contribution < 1.29 is 14.7 Å². The van der Waals surface area contributed by atoms with Crippen molar-refractivity contribution in [3.8, 4) is 0 Å². The third-order valence-corrected chi connectivity index (χ3v) is 3.93. The van der Waals surface area contributed by atoms with Crippen molar-refractivity contribution in [1.82, 2.24) is 5.32 Å². The minimum Gasteiger partial charge on any atom is -0.481 e. The minimum atomic E-state index is -0.739. The van der Waals surface area contributed by atoms with Crippen LogP contribution in [0, 0.1) is 23.7 Å². The number of carboxylic acid groups (broad SMARTS) is 1. The molecular formula is C14H25NO3. The Hall–Kier alpha value is -1.06. The van der Waals surface area contributed by atoms with Gasteiger partial charge in [0, 0.05) is 18.9 Å². The fourth-order valence-corrected chi connectivity index (χ4v) is 2.32. The molecule has 0 aromatic carbocycles. The number of carbonyl (C=O) groups excluding carboxylic acids is 1. The molecule has 1 amide bonds. The Kier molecular flexibility index (Phi) is 5.63. The maximum Gasteiger partial charge on any atom is 0.303 e. The van der Waals surface area contributed by atoms with Gasteiger partial charge in [-0.2, -0.15) is 0 Å². The molecular weight excluding hydrogens is 230 g/mol. The number of hydrogen-bond donors (Lipinski definition) is 2. The number of amides is 1. The lowest BCUT2D eigenvalue weighted by Crippen LogP contribution is -2.28. The maximum absolute atomic E-state index is 11.6. The Morgan fingerprint density at radius 2 is 1.94 bits per heavy atom. The molecule has 18 heavy (non-hydrogen) atoms. The summed E-state index contributed by atoms with van der Waals surface area (Å²) >= 11 is 0. The summed E-state index contributed by atoms with van der Waals surface area (Å²) in [5.74, 6) is 1.03. The van der Waals surface area contributed by atoms with Crippen LogP contribution in [0.1, 0.15) is 46.5 Å². The molecule has 0 bridgehead atoms. The van der Waals surface area contributed by atoms with Crippen LogP contribution in [-0.2, 0) is 9.59 Å². The zero-order valence-electron chi connectivity index (χ0n) is 11.6. The lowest BCUT2D eigenvalue weighted by atomic mass is 9.88. The van der Waals surface area contributed by atoms with Crippen LogP contribution in [0.2, 0.25) is 0 Å². The van der Waals surface area contributed by atoms with E-state index in [2.05, 4.69) is 26.1 Å². The Morgan fingerprint density at radius 3 is 2.39 bits per heavy atom. The lowest BCUT2D eigenvalue weighted by Gasteiger charge is -2.20. The second-order valence-corrected chi connectivity index (χ2v) is 5.84. The van der Waals surface area contributed by atoms with E-state index < -0.39 is 5.97 Å². The second kappa shape index (κ2) is 6.76. The highest BCUT2D eigenvalue weighted by molar-refractivity contribution is 5.81. The van der Waals surface area contributed by atoms with Gasteiger partial charge in [-0.05, 0) is 37.0 Å². The third-order valence-electron chi connectivity index (χ3n) is 3.93. The average molecular weight is 255 g/mol. The lowest BCUT2D eigenvalue weighted by molar-refractivity contribution is -0.137. The third kappa shape index (κ3) is 5.07. The van der Waals surface area contributed by atoms with Crippen LogP contribution in [0.15, 0.2) is 0 Å². The normalized spacial score (nSPS) is 23.8. The monoisotopic (exact) mass is 255 g/mol. The molecule has 2 N–H and O–H groups in total. The maximum atomic E-state index is 11.6. The van der Waals surface area contributed by atoms with E-state index in [-0.39, 0.29) is 18.2 Å². The molecule has 3 unspecified atom stereocenters.